The standard InChI is InChI=1S/C16H21NO/c18-12-14-9-15-7-4-8-16(10-14)17(15)11-13-5-2-1-3-6-13/h1-3,5-6,12,14-16H,4,7-11H2. The predicted molar refractivity (Wildman–Crippen MR) is 72.2 cm³/mol. The molecule has 2 aliphatic heterocycles. The molecule has 0 N–H and O–H groups in total. The van der Waals surface area contributed by atoms with Gasteiger partial charge in [0.25, 0.3) is 0 Å². The van der Waals surface area contributed by atoms with Crippen LogP contribution < -0.4 is 0 Å². The summed E-state index contributed by atoms with van der Waals surface area (Å²) in [4.78, 5) is 13.7. The molecule has 0 radical (unpaired) electrons. The summed E-state index contributed by atoms with van der Waals surface area (Å²) < 4.78 is 0. The number of carbonyl (C=O) groups excluding carboxylic acids is 1. The first-order valence-electron chi connectivity index (χ1n) is 7.12. The van der Waals surface area contributed by atoms with E-state index in [4.69, 9.17) is 0 Å². The molecule has 0 aliphatic carbocycles. The number of fused-ring (bicyclic) bond motifs is 2. The lowest BCUT2D eigenvalue weighted by molar-refractivity contribution is -0.115. The molecule has 18 heavy (non-hydrogen) atoms. The number of hydrogen-bond donors (Lipinski definition) is 0. The van der Waals surface area contributed by atoms with Crippen molar-refractivity contribution in [2.24, 2.45) is 5.92 Å². The molecular formula is C16H21NO. The quantitative estimate of drug-likeness (QED) is 0.761. The number of carbonyl (C=O) groups is 1. The van der Waals surface area contributed by atoms with Gasteiger partial charge < -0.3 is 4.79 Å². The fraction of sp³-hybridized carbons (Fsp3) is 0.562. The molecule has 0 amide bonds. The molecule has 2 atom stereocenters. The van der Waals surface area contributed by atoms with Crippen LogP contribution in [0, 0.1) is 5.92 Å². The SMILES string of the molecule is O=CC1CC2CCCC(C1)N2Cc1ccccc1. The van der Waals surface area contributed by atoms with Crippen molar-refractivity contribution < 1.29 is 4.79 Å². The van der Waals surface area contributed by atoms with E-state index < -0.39 is 0 Å². The molecule has 2 bridgehead atoms. The third-order valence-electron chi connectivity index (χ3n) is 4.56. The zero-order valence-corrected chi connectivity index (χ0v) is 10.8. The predicted octanol–water partition coefficient (Wildman–Crippen LogP) is 3.02. The molecule has 2 fully saturated rings. The van der Waals surface area contributed by atoms with Gasteiger partial charge in [0, 0.05) is 24.5 Å². The summed E-state index contributed by atoms with van der Waals surface area (Å²) in [5, 5.41) is 0. The zero-order valence-electron chi connectivity index (χ0n) is 10.8. The van der Waals surface area contributed by atoms with Crippen molar-refractivity contribution >= 4 is 6.29 Å². The Morgan fingerprint density at radius 3 is 2.39 bits per heavy atom. The molecule has 0 saturated carbocycles. The monoisotopic (exact) mass is 243 g/mol. The Kier molecular flexibility index (Phi) is 3.46. The van der Waals surface area contributed by atoms with E-state index in [0.29, 0.717) is 18.0 Å². The zero-order chi connectivity index (χ0) is 12.4. The minimum absolute atomic E-state index is 0.312. The van der Waals surface area contributed by atoms with Crippen molar-refractivity contribution in [3.8, 4) is 0 Å². The summed E-state index contributed by atoms with van der Waals surface area (Å²) >= 11 is 0. The van der Waals surface area contributed by atoms with Crippen LogP contribution in [0.2, 0.25) is 0 Å². The highest BCUT2D eigenvalue weighted by molar-refractivity contribution is 5.54. The van der Waals surface area contributed by atoms with Gasteiger partial charge in [-0.25, -0.2) is 0 Å². The summed E-state index contributed by atoms with van der Waals surface area (Å²) in [5.74, 6) is 0.312. The summed E-state index contributed by atoms with van der Waals surface area (Å²) in [6.45, 7) is 1.06. The Hall–Kier alpha value is -1.15. The topological polar surface area (TPSA) is 20.3 Å². The van der Waals surface area contributed by atoms with Gasteiger partial charge in [-0.2, -0.15) is 0 Å². The molecule has 96 valence electrons. The minimum atomic E-state index is 0.312. The highest BCUT2D eigenvalue weighted by Crippen LogP contribution is 2.37. The van der Waals surface area contributed by atoms with Gasteiger partial charge in [0.2, 0.25) is 0 Å². The smallest absolute Gasteiger partial charge is 0.123 e. The van der Waals surface area contributed by atoms with Crippen LogP contribution in [0.15, 0.2) is 30.3 Å². The van der Waals surface area contributed by atoms with Crippen LogP contribution in [0.3, 0.4) is 0 Å². The van der Waals surface area contributed by atoms with Crippen LogP contribution in [0.4, 0.5) is 0 Å². The highest BCUT2D eigenvalue weighted by Gasteiger charge is 2.37. The lowest BCUT2D eigenvalue weighted by Crippen LogP contribution is -2.51. The molecule has 2 unspecified atom stereocenters. The molecule has 2 aliphatic rings. The molecule has 1 aromatic rings. The molecule has 2 heterocycles. The first-order chi connectivity index (χ1) is 8.86. The second-order valence-electron chi connectivity index (χ2n) is 5.76. The Labute approximate surface area is 109 Å². The van der Waals surface area contributed by atoms with Gasteiger partial charge in [-0.3, -0.25) is 4.90 Å². The summed E-state index contributed by atoms with van der Waals surface area (Å²) in [6.07, 6.45) is 7.22. The van der Waals surface area contributed by atoms with Crippen LogP contribution in [0.25, 0.3) is 0 Å². The summed E-state index contributed by atoms with van der Waals surface area (Å²) in [5.41, 5.74) is 1.40. The first kappa shape index (κ1) is 11.9. The maximum atomic E-state index is 11.0. The van der Waals surface area contributed by atoms with Crippen molar-refractivity contribution in [1.29, 1.82) is 0 Å². The van der Waals surface area contributed by atoms with Gasteiger partial charge in [0.1, 0.15) is 6.29 Å². The number of piperidine rings is 2. The number of rotatable bonds is 3. The fourth-order valence-electron chi connectivity index (χ4n) is 3.68. The number of aldehydes is 1. The van der Waals surface area contributed by atoms with Gasteiger partial charge >= 0.3 is 0 Å². The van der Waals surface area contributed by atoms with Gasteiger partial charge in [0.15, 0.2) is 0 Å². The van der Waals surface area contributed by atoms with Gasteiger partial charge in [-0.1, -0.05) is 36.8 Å². The van der Waals surface area contributed by atoms with Crippen LogP contribution in [-0.2, 0) is 11.3 Å². The summed E-state index contributed by atoms with van der Waals surface area (Å²) in [7, 11) is 0. The molecule has 2 nitrogen and oxygen atoms in total. The van der Waals surface area contributed by atoms with Crippen molar-refractivity contribution in [2.45, 2.75) is 50.7 Å². The largest absolute Gasteiger partial charge is 0.303 e. The van der Waals surface area contributed by atoms with E-state index in [1.807, 2.05) is 0 Å². The molecular weight excluding hydrogens is 222 g/mol. The Morgan fingerprint density at radius 1 is 1.11 bits per heavy atom. The van der Waals surface area contributed by atoms with E-state index in [2.05, 4.69) is 35.2 Å². The third-order valence-corrected chi connectivity index (χ3v) is 4.56. The lowest BCUT2D eigenvalue weighted by Gasteiger charge is -2.48. The normalized spacial score (nSPS) is 32.1. The number of hydrogen-bond acceptors (Lipinski definition) is 2. The fourth-order valence-corrected chi connectivity index (χ4v) is 3.68. The van der Waals surface area contributed by atoms with Crippen LogP contribution >= 0.6 is 0 Å². The first-order valence-corrected chi connectivity index (χ1v) is 7.12. The third kappa shape index (κ3) is 2.35. The van der Waals surface area contributed by atoms with Crippen molar-refractivity contribution in [2.75, 3.05) is 0 Å². The van der Waals surface area contributed by atoms with E-state index in [0.717, 1.165) is 19.4 Å². The van der Waals surface area contributed by atoms with E-state index in [1.54, 1.807) is 0 Å². The van der Waals surface area contributed by atoms with E-state index in [-0.39, 0.29) is 0 Å². The van der Waals surface area contributed by atoms with Crippen molar-refractivity contribution in [3.63, 3.8) is 0 Å². The Morgan fingerprint density at radius 2 is 1.78 bits per heavy atom. The Balaban J connectivity index is 1.74. The maximum Gasteiger partial charge on any atom is 0.123 e. The highest BCUT2D eigenvalue weighted by atomic mass is 16.1. The molecule has 1 aromatic carbocycles. The van der Waals surface area contributed by atoms with Crippen molar-refractivity contribution in [3.05, 3.63) is 35.9 Å². The average molecular weight is 243 g/mol. The van der Waals surface area contributed by atoms with Gasteiger partial charge in [-0.15, -0.1) is 0 Å². The van der Waals surface area contributed by atoms with Crippen LogP contribution in [0.1, 0.15) is 37.7 Å². The Bertz CT molecular complexity index is 389. The van der Waals surface area contributed by atoms with Gasteiger partial charge in [-0.05, 0) is 31.2 Å². The molecule has 0 aromatic heterocycles. The molecule has 3 rings (SSSR count). The summed E-state index contributed by atoms with van der Waals surface area (Å²) in [6, 6.07) is 12.0. The second kappa shape index (κ2) is 5.23. The van der Waals surface area contributed by atoms with Crippen molar-refractivity contribution in [1.82, 2.24) is 4.90 Å². The van der Waals surface area contributed by atoms with E-state index >= 15 is 0 Å². The maximum absolute atomic E-state index is 11.0. The minimum Gasteiger partial charge on any atom is -0.303 e. The van der Waals surface area contributed by atoms with Crippen LogP contribution in [-0.4, -0.2) is 23.3 Å². The average Bonchev–Trinajstić information content (AvgIpc) is 2.39. The van der Waals surface area contributed by atoms with Crippen LogP contribution in [0.5, 0.6) is 0 Å². The lowest BCUT2D eigenvalue weighted by atomic mass is 9.79. The molecule has 0 spiro atoms. The van der Waals surface area contributed by atoms with E-state index in [1.165, 1.54) is 31.1 Å². The van der Waals surface area contributed by atoms with E-state index in [9.17, 15) is 4.79 Å². The number of nitrogens with zero attached hydrogens (tertiary/aromatic N) is 1. The second-order valence-corrected chi connectivity index (χ2v) is 5.76. The molecule has 2 saturated heterocycles. The van der Waals surface area contributed by atoms with Gasteiger partial charge in [0.05, 0.1) is 0 Å². The molecule has 2 heteroatoms. The number of benzene rings is 1.